The molecule has 104 valence electrons. The van der Waals surface area contributed by atoms with Gasteiger partial charge in [-0.3, -0.25) is 9.69 Å². The van der Waals surface area contributed by atoms with E-state index in [1.54, 1.807) is 12.1 Å². The molecule has 0 radical (unpaired) electrons. The highest BCUT2D eigenvalue weighted by Crippen LogP contribution is 2.26. The van der Waals surface area contributed by atoms with Crippen molar-refractivity contribution in [2.75, 3.05) is 30.7 Å². The molecule has 0 bridgehead atoms. The van der Waals surface area contributed by atoms with Crippen molar-refractivity contribution in [3.63, 3.8) is 0 Å². The fourth-order valence-electron chi connectivity index (χ4n) is 2.26. The van der Waals surface area contributed by atoms with Gasteiger partial charge in [0.25, 0.3) is 5.91 Å². The van der Waals surface area contributed by atoms with Gasteiger partial charge in [-0.1, -0.05) is 6.92 Å². The fourth-order valence-corrected chi connectivity index (χ4v) is 2.26. The van der Waals surface area contributed by atoms with E-state index in [0.29, 0.717) is 11.3 Å². The molecule has 0 atom stereocenters. The Morgan fingerprint density at radius 3 is 2.79 bits per heavy atom. The minimum atomic E-state index is -0.491. The summed E-state index contributed by atoms with van der Waals surface area (Å²) in [6.45, 7) is 5.14. The third-order valence-corrected chi connectivity index (χ3v) is 3.52. The number of nitrogens with one attached hydrogen (secondary N) is 1. The third kappa shape index (κ3) is 3.61. The summed E-state index contributed by atoms with van der Waals surface area (Å²) in [5.74, 6) is -0.491. The quantitative estimate of drug-likeness (QED) is 0.646. The van der Waals surface area contributed by atoms with Crippen LogP contribution in [-0.2, 0) is 0 Å². The van der Waals surface area contributed by atoms with Crippen LogP contribution in [0.15, 0.2) is 18.2 Å². The number of nitrogens with zero attached hydrogens (tertiary/aromatic N) is 1. The summed E-state index contributed by atoms with van der Waals surface area (Å²) in [5.41, 5.74) is 12.7. The number of nitrogen functional groups attached to an aromatic ring is 1. The van der Waals surface area contributed by atoms with Gasteiger partial charge in [-0.2, -0.15) is 0 Å². The lowest BCUT2D eigenvalue weighted by Crippen LogP contribution is -2.30. The molecule has 0 aromatic heterocycles. The van der Waals surface area contributed by atoms with Crippen LogP contribution in [0.1, 0.15) is 30.1 Å². The number of hydrogen-bond donors (Lipinski definition) is 3. The zero-order valence-electron chi connectivity index (χ0n) is 11.4. The van der Waals surface area contributed by atoms with Crippen molar-refractivity contribution in [2.24, 2.45) is 5.73 Å². The molecule has 5 N–H and O–H groups in total. The summed E-state index contributed by atoms with van der Waals surface area (Å²) < 4.78 is 0. The van der Waals surface area contributed by atoms with E-state index in [4.69, 9.17) is 11.5 Å². The molecule has 5 nitrogen and oxygen atoms in total. The van der Waals surface area contributed by atoms with Crippen molar-refractivity contribution in [3.8, 4) is 0 Å². The van der Waals surface area contributed by atoms with Gasteiger partial charge in [-0.25, -0.2) is 0 Å². The van der Waals surface area contributed by atoms with Crippen molar-refractivity contribution < 1.29 is 4.79 Å². The fraction of sp³-hybridized carbons (Fsp3) is 0.500. The summed E-state index contributed by atoms with van der Waals surface area (Å²) in [5, 5.41) is 3.31. The van der Waals surface area contributed by atoms with Crippen LogP contribution in [0.5, 0.6) is 0 Å². The summed E-state index contributed by atoms with van der Waals surface area (Å²) in [6, 6.07) is 6.07. The number of carbonyl (C=O) groups is 1. The second kappa shape index (κ2) is 5.93. The van der Waals surface area contributed by atoms with E-state index < -0.39 is 5.91 Å². The topological polar surface area (TPSA) is 84.4 Å². The maximum atomic E-state index is 11.2. The molecular weight excluding hydrogens is 240 g/mol. The molecule has 0 unspecified atom stereocenters. The Hall–Kier alpha value is -1.75. The molecule has 1 amide bonds. The highest BCUT2D eigenvalue weighted by molar-refractivity contribution is 5.98. The van der Waals surface area contributed by atoms with E-state index in [2.05, 4.69) is 17.1 Å². The predicted molar refractivity (Wildman–Crippen MR) is 78.1 cm³/mol. The van der Waals surface area contributed by atoms with Gasteiger partial charge < -0.3 is 16.8 Å². The average Bonchev–Trinajstić information content (AvgIpc) is 3.20. The van der Waals surface area contributed by atoms with Crippen LogP contribution in [0.2, 0.25) is 0 Å². The normalized spacial score (nSPS) is 14.6. The van der Waals surface area contributed by atoms with Crippen molar-refractivity contribution in [2.45, 2.75) is 25.8 Å². The molecule has 1 aromatic carbocycles. The summed E-state index contributed by atoms with van der Waals surface area (Å²) >= 11 is 0. The number of amides is 1. The van der Waals surface area contributed by atoms with Crippen LogP contribution in [0, 0.1) is 0 Å². The number of nitrogens with two attached hydrogens (primary N) is 2. The number of rotatable bonds is 7. The van der Waals surface area contributed by atoms with Gasteiger partial charge in [-0.05, 0) is 37.6 Å². The molecule has 1 aromatic rings. The maximum Gasteiger partial charge on any atom is 0.250 e. The zero-order valence-corrected chi connectivity index (χ0v) is 11.4. The Morgan fingerprint density at radius 1 is 1.47 bits per heavy atom. The number of carbonyl (C=O) groups excluding carboxylic acids is 1. The van der Waals surface area contributed by atoms with Crippen LogP contribution in [0.4, 0.5) is 11.4 Å². The molecule has 0 saturated heterocycles. The highest BCUT2D eigenvalue weighted by Gasteiger charge is 2.27. The minimum absolute atomic E-state index is 0.375. The van der Waals surface area contributed by atoms with Gasteiger partial charge in [0.05, 0.1) is 5.56 Å². The molecule has 0 aliphatic heterocycles. The standard InChI is InChI=1S/C14H22N4O/c1-2-18(11-4-5-11)8-7-17-10-3-6-13(15)12(9-10)14(16)19/h3,6,9,11,17H,2,4-5,7-8,15H2,1H3,(H2,16,19). The first kappa shape index (κ1) is 13.7. The molecule has 1 saturated carbocycles. The van der Waals surface area contributed by atoms with Crippen molar-refractivity contribution in [1.29, 1.82) is 0 Å². The lowest BCUT2D eigenvalue weighted by atomic mass is 10.1. The third-order valence-electron chi connectivity index (χ3n) is 3.52. The number of hydrogen-bond acceptors (Lipinski definition) is 4. The second-order valence-corrected chi connectivity index (χ2v) is 4.95. The number of likely N-dealkylation sites (N-methyl/N-ethyl adjacent to an activating group) is 1. The van der Waals surface area contributed by atoms with E-state index in [0.717, 1.165) is 31.4 Å². The molecule has 1 aliphatic carbocycles. The molecule has 1 fully saturated rings. The van der Waals surface area contributed by atoms with Crippen LogP contribution in [0.25, 0.3) is 0 Å². The number of anilines is 2. The van der Waals surface area contributed by atoms with Crippen molar-refractivity contribution in [1.82, 2.24) is 4.90 Å². The van der Waals surface area contributed by atoms with E-state index in [1.807, 2.05) is 6.07 Å². The summed E-state index contributed by atoms with van der Waals surface area (Å²) in [7, 11) is 0. The monoisotopic (exact) mass is 262 g/mol. The molecule has 0 spiro atoms. The largest absolute Gasteiger partial charge is 0.398 e. The molecule has 19 heavy (non-hydrogen) atoms. The first-order valence-electron chi connectivity index (χ1n) is 6.79. The van der Waals surface area contributed by atoms with Gasteiger partial charge in [0.1, 0.15) is 0 Å². The van der Waals surface area contributed by atoms with Crippen LogP contribution < -0.4 is 16.8 Å². The van der Waals surface area contributed by atoms with Gasteiger partial charge in [0.2, 0.25) is 0 Å². The molecule has 2 rings (SSSR count). The lowest BCUT2D eigenvalue weighted by Gasteiger charge is -2.20. The Morgan fingerprint density at radius 2 is 2.21 bits per heavy atom. The second-order valence-electron chi connectivity index (χ2n) is 4.95. The summed E-state index contributed by atoms with van der Waals surface area (Å²) in [4.78, 5) is 13.7. The Labute approximate surface area is 113 Å². The van der Waals surface area contributed by atoms with Gasteiger partial charge in [0.15, 0.2) is 0 Å². The molecular formula is C14H22N4O. The first-order chi connectivity index (χ1) is 9.11. The van der Waals surface area contributed by atoms with Crippen LogP contribution in [-0.4, -0.2) is 36.5 Å². The molecule has 5 heteroatoms. The average molecular weight is 262 g/mol. The van der Waals surface area contributed by atoms with E-state index in [9.17, 15) is 4.79 Å². The summed E-state index contributed by atoms with van der Waals surface area (Å²) in [6.07, 6.45) is 2.64. The zero-order chi connectivity index (χ0) is 13.8. The highest BCUT2D eigenvalue weighted by atomic mass is 16.1. The Kier molecular flexibility index (Phi) is 4.27. The van der Waals surface area contributed by atoms with Crippen molar-refractivity contribution >= 4 is 17.3 Å². The van der Waals surface area contributed by atoms with Crippen LogP contribution in [0.3, 0.4) is 0 Å². The van der Waals surface area contributed by atoms with E-state index >= 15 is 0 Å². The van der Waals surface area contributed by atoms with E-state index in [-0.39, 0.29) is 0 Å². The van der Waals surface area contributed by atoms with Crippen LogP contribution >= 0.6 is 0 Å². The first-order valence-corrected chi connectivity index (χ1v) is 6.79. The maximum absolute atomic E-state index is 11.2. The smallest absolute Gasteiger partial charge is 0.250 e. The lowest BCUT2D eigenvalue weighted by molar-refractivity contribution is 0.100. The van der Waals surface area contributed by atoms with Gasteiger partial charge >= 0.3 is 0 Å². The van der Waals surface area contributed by atoms with Gasteiger partial charge in [-0.15, -0.1) is 0 Å². The Balaban J connectivity index is 1.88. The Bertz CT molecular complexity index is 457. The number of benzene rings is 1. The van der Waals surface area contributed by atoms with E-state index in [1.165, 1.54) is 12.8 Å². The minimum Gasteiger partial charge on any atom is -0.398 e. The molecule has 0 heterocycles. The van der Waals surface area contributed by atoms with Gasteiger partial charge in [0, 0.05) is 30.5 Å². The molecule has 1 aliphatic rings. The number of primary amides is 1. The SMILES string of the molecule is CCN(CCNc1ccc(N)c(C(N)=O)c1)C1CC1. The van der Waals surface area contributed by atoms with Crippen molar-refractivity contribution in [3.05, 3.63) is 23.8 Å². The predicted octanol–water partition coefficient (Wildman–Crippen LogP) is 1.26.